The van der Waals surface area contributed by atoms with Gasteiger partial charge in [-0.3, -0.25) is 10.1 Å². The standard InChI is InChI=1S/C9H13N3O3/c1-5-11-12-7(15-5)4-10-8(9(13)14)6-2-3-6/h6,8,10H,2-4H2,1H3,(H,13,14). The number of nitrogens with one attached hydrogen (secondary N) is 1. The third-order valence-electron chi connectivity index (χ3n) is 2.40. The first-order valence-electron chi connectivity index (χ1n) is 4.92. The molecule has 0 radical (unpaired) electrons. The topological polar surface area (TPSA) is 88.2 Å². The van der Waals surface area contributed by atoms with Crippen molar-refractivity contribution in [3.8, 4) is 0 Å². The highest BCUT2D eigenvalue weighted by atomic mass is 16.4. The van der Waals surface area contributed by atoms with Gasteiger partial charge in [0.05, 0.1) is 6.54 Å². The van der Waals surface area contributed by atoms with Crippen LogP contribution in [-0.4, -0.2) is 27.3 Å². The molecule has 1 aliphatic rings. The molecule has 1 atom stereocenters. The van der Waals surface area contributed by atoms with Crippen LogP contribution in [0.2, 0.25) is 0 Å². The molecule has 6 nitrogen and oxygen atoms in total. The molecule has 1 saturated carbocycles. The smallest absolute Gasteiger partial charge is 0.320 e. The molecule has 0 bridgehead atoms. The van der Waals surface area contributed by atoms with E-state index < -0.39 is 12.0 Å². The van der Waals surface area contributed by atoms with E-state index in [1.807, 2.05) is 0 Å². The average Bonchev–Trinajstić information content (AvgIpc) is 2.90. The van der Waals surface area contributed by atoms with Crippen molar-refractivity contribution in [2.75, 3.05) is 0 Å². The molecule has 0 aliphatic heterocycles. The van der Waals surface area contributed by atoms with Crippen LogP contribution in [0.25, 0.3) is 0 Å². The van der Waals surface area contributed by atoms with Gasteiger partial charge in [0.15, 0.2) is 0 Å². The van der Waals surface area contributed by atoms with Crippen LogP contribution < -0.4 is 5.32 Å². The van der Waals surface area contributed by atoms with Gasteiger partial charge >= 0.3 is 5.97 Å². The van der Waals surface area contributed by atoms with Crippen molar-refractivity contribution in [1.82, 2.24) is 15.5 Å². The summed E-state index contributed by atoms with van der Waals surface area (Å²) >= 11 is 0. The molecule has 1 fully saturated rings. The molecule has 1 aromatic rings. The van der Waals surface area contributed by atoms with Crippen LogP contribution in [-0.2, 0) is 11.3 Å². The number of aliphatic carboxylic acids is 1. The normalized spacial score (nSPS) is 17.7. The number of carboxylic acids is 1. The Labute approximate surface area is 86.7 Å². The molecular weight excluding hydrogens is 198 g/mol. The molecule has 0 saturated heterocycles. The van der Waals surface area contributed by atoms with E-state index in [0.29, 0.717) is 18.3 Å². The lowest BCUT2D eigenvalue weighted by Crippen LogP contribution is -2.38. The van der Waals surface area contributed by atoms with Crippen LogP contribution in [0.5, 0.6) is 0 Å². The summed E-state index contributed by atoms with van der Waals surface area (Å²) in [7, 11) is 0. The van der Waals surface area contributed by atoms with Gasteiger partial charge in [-0.15, -0.1) is 10.2 Å². The van der Waals surface area contributed by atoms with Gasteiger partial charge in [-0.2, -0.15) is 0 Å². The molecular formula is C9H13N3O3. The zero-order chi connectivity index (χ0) is 10.8. The lowest BCUT2D eigenvalue weighted by molar-refractivity contribution is -0.140. The van der Waals surface area contributed by atoms with Gasteiger partial charge in [-0.1, -0.05) is 0 Å². The van der Waals surface area contributed by atoms with Crippen LogP contribution in [0.15, 0.2) is 4.42 Å². The Morgan fingerprint density at radius 1 is 1.67 bits per heavy atom. The van der Waals surface area contributed by atoms with Crippen molar-refractivity contribution in [1.29, 1.82) is 0 Å². The number of aryl methyl sites for hydroxylation is 1. The number of carboxylic acid groups (broad SMARTS) is 1. The Morgan fingerprint density at radius 2 is 2.40 bits per heavy atom. The van der Waals surface area contributed by atoms with Gasteiger partial charge in [0.25, 0.3) is 0 Å². The Kier molecular flexibility index (Phi) is 2.68. The summed E-state index contributed by atoms with van der Waals surface area (Å²) in [5.41, 5.74) is 0. The first kappa shape index (κ1) is 10.1. The maximum atomic E-state index is 10.9. The molecule has 2 N–H and O–H groups in total. The fourth-order valence-electron chi connectivity index (χ4n) is 1.49. The summed E-state index contributed by atoms with van der Waals surface area (Å²) < 4.78 is 5.14. The second kappa shape index (κ2) is 3.98. The van der Waals surface area contributed by atoms with E-state index >= 15 is 0 Å². The fourth-order valence-corrected chi connectivity index (χ4v) is 1.49. The number of rotatable bonds is 5. The van der Waals surface area contributed by atoms with E-state index in [-0.39, 0.29) is 5.92 Å². The minimum atomic E-state index is -0.811. The molecule has 1 aliphatic carbocycles. The van der Waals surface area contributed by atoms with Crippen LogP contribution >= 0.6 is 0 Å². The molecule has 1 heterocycles. The maximum Gasteiger partial charge on any atom is 0.320 e. The summed E-state index contributed by atoms with van der Waals surface area (Å²) in [6.07, 6.45) is 1.96. The van der Waals surface area contributed by atoms with Crippen LogP contribution in [0.4, 0.5) is 0 Å². The van der Waals surface area contributed by atoms with Gasteiger partial charge in [-0.05, 0) is 18.8 Å². The highest BCUT2D eigenvalue weighted by Crippen LogP contribution is 2.32. The molecule has 1 unspecified atom stereocenters. The zero-order valence-electron chi connectivity index (χ0n) is 8.43. The van der Waals surface area contributed by atoms with Gasteiger partial charge < -0.3 is 9.52 Å². The summed E-state index contributed by atoms with van der Waals surface area (Å²) in [5.74, 6) is 0.366. The number of carbonyl (C=O) groups is 1. The van der Waals surface area contributed by atoms with E-state index in [4.69, 9.17) is 9.52 Å². The van der Waals surface area contributed by atoms with Crippen molar-refractivity contribution in [2.24, 2.45) is 5.92 Å². The van der Waals surface area contributed by atoms with E-state index in [1.54, 1.807) is 6.92 Å². The van der Waals surface area contributed by atoms with E-state index in [1.165, 1.54) is 0 Å². The first-order chi connectivity index (χ1) is 7.16. The molecule has 2 rings (SSSR count). The Morgan fingerprint density at radius 3 is 2.87 bits per heavy atom. The van der Waals surface area contributed by atoms with Crippen LogP contribution in [0, 0.1) is 12.8 Å². The van der Waals surface area contributed by atoms with Crippen molar-refractivity contribution >= 4 is 5.97 Å². The molecule has 0 spiro atoms. The molecule has 0 amide bonds. The van der Waals surface area contributed by atoms with Gasteiger partial charge in [0.1, 0.15) is 6.04 Å². The van der Waals surface area contributed by atoms with Crippen molar-refractivity contribution < 1.29 is 14.3 Å². The second-order valence-corrected chi connectivity index (χ2v) is 3.75. The molecule has 0 aromatic carbocycles. The summed E-state index contributed by atoms with van der Waals surface area (Å²) in [6, 6.07) is -0.489. The van der Waals surface area contributed by atoms with Crippen LogP contribution in [0.1, 0.15) is 24.6 Å². The molecule has 6 heteroatoms. The van der Waals surface area contributed by atoms with Crippen molar-refractivity contribution in [3.63, 3.8) is 0 Å². The predicted molar refractivity (Wildman–Crippen MR) is 50.0 cm³/mol. The largest absolute Gasteiger partial charge is 0.480 e. The van der Waals surface area contributed by atoms with Crippen molar-refractivity contribution in [2.45, 2.75) is 32.4 Å². The highest BCUT2D eigenvalue weighted by Gasteiger charge is 2.35. The molecule has 1 aromatic heterocycles. The first-order valence-corrected chi connectivity index (χ1v) is 4.92. The van der Waals surface area contributed by atoms with Gasteiger partial charge in [-0.25, -0.2) is 0 Å². The highest BCUT2D eigenvalue weighted by molar-refractivity contribution is 5.74. The lowest BCUT2D eigenvalue weighted by Gasteiger charge is -2.11. The minimum Gasteiger partial charge on any atom is -0.480 e. The molecule has 15 heavy (non-hydrogen) atoms. The Bertz CT molecular complexity index is 359. The number of nitrogens with zero attached hydrogens (tertiary/aromatic N) is 2. The number of aromatic nitrogens is 2. The Balaban J connectivity index is 1.87. The maximum absolute atomic E-state index is 10.9. The summed E-state index contributed by atoms with van der Waals surface area (Å²) in [4.78, 5) is 10.9. The second-order valence-electron chi connectivity index (χ2n) is 3.75. The lowest BCUT2D eigenvalue weighted by atomic mass is 10.2. The third kappa shape index (κ3) is 2.53. The zero-order valence-corrected chi connectivity index (χ0v) is 8.43. The van der Waals surface area contributed by atoms with Gasteiger partial charge in [0.2, 0.25) is 11.8 Å². The summed E-state index contributed by atoms with van der Waals surface area (Å²) in [5, 5.41) is 19.3. The fraction of sp³-hybridized carbons (Fsp3) is 0.667. The van der Waals surface area contributed by atoms with E-state index in [9.17, 15) is 4.79 Å². The third-order valence-corrected chi connectivity index (χ3v) is 2.40. The van der Waals surface area contributed by atoms with Gasteiger partial charge in [0, 0.05) is 6.92 Å². The van der Waals surface area contributed by atoms with Crippen LogP contribution in [0.3, 0.4) is 0 Å². The number of hydrogen-bond donors (Lipinski definition) is 2. The quantitative estimate of drug-likeness (QED) is 0.729. The Hall–Kier alpha value is -1.43. The minimum absolute atomic E-state index is 0.256. The average molecular weight is 211 g/mol. The summed E-state index contributed by atoms with van der Waals surface area (Å²) in [6.45, 7) is 2.01. The number of hydrogen-bond acceptors (Lipinski definition) is 5. The molecule has 82 valence electrons. The SMILES string of the molecule is Cc1nnc(CNC(C(=O)O)C2CC2)o1. The predicted octanol–water partition coefficient (Wildman–Crippen LogP) is 0.331. The van der Waals surface area contributed by atoms with E-state index in [0.717, 1.165) is 12.8 Å². The van der Waals surface area contributed by atoms with Crippen molar-refractivity contribution in [3.05, 3.63) is 11.8 Å². The van der Waals surface area contributed by atoms with E-state index in [2.05, 4.69) is 15.5 Å². The monoisotopic (exact) mass is 211 g/mol.